The van der Waals surface area contributed by atoms with Crippen molar-refractivity contribution >= 4 is 0 Å². The summed E-state index contributed by atoms with van der Waals surface area (Å²) >= 11 is 0. The van der Waals surface area contributed by atoms with Crippen LogP contribution in [-0.2, 0) is 0 Å². The first-order chi connectivity index (χ1) is 11.9. The van der Waals surface area contributed by atoms with Gasteiger partial charge in [-0.1, -0.05) is 27.7 Å². The molecule has 0 spiro atoms. The molecule has 2 heterocycles. The fourth-order valence-corrected chi connectivity index (χ4v) is 3.50. The van der Waals surface area contributed by atoms with Crippen molar-refractivity contribution in [2.24, 2.45) is 5.92 Å². The molecule has 2 rings (SSSR count). The monoisotopic (exact) mass is 358 g/mol. The van der Waals surface area contributed by atoms with E-state index in [0.717, 1.165) is 12.0 Å². The van der Waals surface area contributed by atoms with Crippen molar-refractivity contribution in [1.82, 2.24) is 19.6 Å². The van der Waals surface area contributed by atoms with Gasteiger partial charge in [0.2, 0.25) is 0 Å². The van der Waals surface area contributed by atoms with Crippen molar-refractivity contribution < 1.29 is 0 Å². The van der Waals surface area contributed by atoms with Crippen LogP contribution >= 0.6 is 0 Å². The van der Waals surface area contributed by atoms with Gasteiger partial charge in [-0.15, -0.1) is 0 Å². The van der Waals surface area contributed by atoms with E-state index in [2.05, 4.69) is 61.9 Å². The molecule has 2 fully saturated rings. The van der Waals surface area contributed by atoms with Crippen LogP contribution in [0.4, 0.5) is 0 Å². The third kappa shape index (κ3) is 14.7. The molecule has 0 aromatic rings. The van der Waals surface area contributed by atoms with Crippen molar-refractivity contribution in [3.05, 3.63) is 0 Å². The van der Waals surface area contributed by atoms with Gasteiger partial charge in [0.05, 0.1) is 0 Å². The Balaban J connectivity index is 0. The van der Waals surface area contributed by atoms with Crippen LogP contribution in [0.25, 0.3) is 0 Å². The zero-order valence-corrected chi connectivity index (χ0v) is 19.3. The van der Waals surface area contributed by atoms with E-state index in [1.807, 2.05) is 27.7 Å². The van der Waals surface area contributed by atoms with Crippen LogP contribution in [0, 0.1) is 5.92 Å². The van der Waals surface area contributed by atoms with Gasteiger partial charge in [-0.05, 0) is 87.0 Å². The standard InChI is InChI=1S/C9H20N2.C8H18N2.2C2H6/c1-10(2)7-9-5-4-6-11(3)8-9;1-9(2)8-5-4-6-10(3)7-8;2*1-2/h9H,4-8H2,1-3H3;8H,4-7H2,1-3H3;2*1-2H3. The highest BCUT2D eigenvalue weighted by atomic mass is 15.2. The molecular weight excluding hydrogens is 308 g/mol. The Hall–Kier alpha value is -0.160. The summed E-state index contributed by atoms with van der Waals surface area (Å²) in [6.07, 6.45) is 5.54. The highest BCUT2D eigenvalue weighted by molar-refractivity contribution is 4.75. The fraction of sp³-hybridized carbons (Fsp3) is 1.00. The maximum Gasteiger partial charge on any atom is 0.0217 e. The van der Waals surface area contributed by atoms with Crippen LogP contribution < -0.4 is 0 Å². The zero-order valence-electron chi connectivity index (χ0n) is 19.3. The molecule has 2 unspecified atom stereocenters. The predicted molar refractivity (Wildman–Crippen MR) is 116 cm³/mol. The van der Waals surface area contributed by atoms with E-state index < -0.39 is 0 Å². The van der Waals surface area contributed by atoms with Gasteiger partial charge >= 0.3 is 0 Å². The number of hydrogen-bond acceptors (Lipinski definition) is 4. The molecule has 154 valence electrons. The van der Waals surface area contributed by atoms with Crippen LogP contribution in [0.2, 0.25) is 0 Å². The lowest BCUT2D eigenvalue weighted by molar-refractivity contribution is 0.155. The molecule has 4 heteroatoms. The number of likely N-dealkylation sites (N-methyl/N-ethyl adjacent to an activating group) is 2. The number of likely N-dealkylation sites (tertiary alicyclic amines) is 2. The Morgan fingerprint density at radius 2 is 1.24 bits per heavy atom. The van der Waals surface area contributed by atoms with Gasteiger partial charge in [-0.25, -0.2) is 0 Å². The summed E-state index contributed by atoms with van der Waals surface area (Å²) in [5.41, 5.74) is 0. The van der Waals surface area contributed by atoms with Crippen molar-refractivity contribution in [1.29, 1.82) is 0 Å². The van der Waals surface area contributed by atoms with Gasteiger partial charge in [0.25, 0.3) is 0 Å². The number of hydrogen-bond donors (Lipinski definition) is 0. The Morgan fingerprint density at radius 3 is 1.60 bits per heavy atom. The Morgan fingerprint density at radius 1 is 0.760 bits per heavy atom. The number of piperidine rings is 2. The summed E-state index contributed by atoms with van der Waals surface area (Å²) in [4.78, 5) is 9.48. The Kier molecular flexibility index (Phi) is 18.7. The molecule has 0 aromatic carbocycles. The van der Waals surface area contributed by atoms with Crippen molar-refractivity contribution in [3.63, 3.8) is 0 Å². The fourth-order valence-electron chi connectivity index (χ4n) is 3.50. The van der Waals surface area contributed by atoms with Crippen molar-refractivity contribution in [2.75, 3.05) is 75.0 Å². The molecular formula is C21H50N4. The summed E-state index contributed by atoms with van der Waals surface area (Å²) in [7, 11) is 13.1. The molecule has 2 atom stereocenters. The molecule has 0 radical (unpaired) electrons. The Bertz CT molecular complexity index is 267. The van der Waals surface area contributed by atoms with Gasteiger partial charge in [-0.2, -0.15) is 0 Å². The Labute approximate surface area is 160 Å². The van der Waals surface area contributed by atoms with E-state index in [0.29, 0.717) is 0 Å². The van der Waals surface area contributed by atoms with E-state index in [4.69, 9.17) is 0 Å². The van der Waals surface area contributed by atoms with Gasteiger partial charge < -0.3 is 19.6 Å². The summed E-state index contributed by atoms with van der Waals surface area (Å²) < 4.78 is 0. The second-order valence-electron chi connectivity index (χ2n) is 7.55. The van der Waals surface area contributed by atoms with E-state index in [-0.39, 0.29) is 0 Å². The molecule has 25 heavy (non-hydrogen) atoms. The minimum Gasteiger partial charge on any atom is -0.309 e. The molecule has 0 N–H and O–H groups in total. The van der Waals surface area contributed by atoms with Crippen LogP contribution in [0.3, 0.4) is 0 Å². The molecule has 0 bridgehead atoms. The molecule has 4 nitrogen and oxygen atoms in total. The van der Waals surface area contributed by atoms with E-state index in [1.54, 1.807) is 0 Å². The second-order valence-corrected chi connectivity index (χ2v) is 7.55. The van der Waals surface area contributed by atoms with E-state index in [9.17, 15) is 0 Å². The lowest BCUT2D eigenvalue weighted by Crippen LogP contribution is -2.43. The SMILES string of the molecule is CC.CC.CN(C)CC1CCCN(C)C1.CN1CCCC(N(C)C)C1. The van der Waals surface area contributed by atoms with Crippen LogP contribution in [0.5, 0.6) is 0 Å². The lowest BCUT2D eigenvalue weighted by atomic mass is 9.98. The van der Waals surface area contributed by atoms with Gasteiger partial charge in [0.15, 0.2) is 0 Å². The molecule has 0 aromatic heterocycles. The maximum atomic E-state index is 2.44. The smallest absolute Gasteiger partial charge is 0.0217 e. The highest BCUT2D eigenvalue weighted by Crippen LogP contribution is 2.15. The molecule has 0 saturated carbocycles. The zero-order chi connectivity index (χ0) is 19.8. The predicted octanol–water partition coefficient (Wildman–Crippen LogP) is 3.58. The summed E-state index contributed by atoms with van der Waals surface area (Å²) in [5.74, 6) is 0.906. The first kappa shape index (κ1) is 27.1. The van der Waals surface area contributed by atoms with Gasteiger partial charge in [0, 0.05) is 25.7 Å². The number of nitrogens with zero attached hydrogens (tertiary/aromatic N) is 4. The lowest BCUT2D eigenvalue weighted by Gasteiger charge is -2.33. The second kappa shape index (κ2) is 17.3. The van der Waals surface area contributed by atoms with Gasteiger partial charge in [0.1, 0.15) is 0 Å². The maximum absolute atomic E-state index is 2.44. The third-order valence-corrected chi connectivity index (χ3v) is 4.68. The average Bonchev–Trinajstić information content (AvgIpc) is 2.58. The third-order valence-electron chi connectivity index (χ3n) is 4.68. The van der Waals surface area contributed by atoms with E-state index in [1.165, 1.54) is 58.4 Å². The first-order valence-corrected chi connectivity index (χ1v) is 10.6. The molecule has 2 aliphatic heterocycles. The molecule has 2 aliphatic rings. The van der Waals surface area contributed by atoms with Crippen LogP contribution in [0.15, 0.2) is 0 Å². The van der Waals surface area contributed by atoms with Crippen LogP contribution in [0.1, 0.15) is 53.4 Å². The van der Waals surface area contributed by atoms with Crippen molar-refractivity contribution in [2.45, 2.75) is 59.4 Å². The first-order valence-electron chi connectivity index (χ1n) is 10.6. The average molecular weight is 359 g/mol. The highest BCUT2D eigenvalue weighted by Gasteiger charge is 2.18. The minimum absolute atomic E-state index is 0.791. The number of rotatable bonds is 3. The summed E-state index contributed by atoms with van der Waals surface area (Å²) in [6.45, 7) is 14.4. The normalized spacial score (nSPS) is 24.5. The van der Waals surface area contributed by atoms with Crippen molar-refractivity contribution in [3.8, 4) is 0 Å². The molecule has 2 saturated heterocycles. The van der Waals surface area contributed by atoms with E-state index >= 15 is 0 Å². The molecule has 0 aliphatic carbocycles. The van der Waals surface area contributed by atoms with Gasteiger partial charge in [-0.3, -0.25) is 0 Å². The van der Waals surface area contributed by atoms with Crippen LogP contribution in [-0.4, -0.2) is 101 Å². The summed E-state index contributed by atoms with van der Waals surface area (Å²) in [6, 6.07) is 0.791. The topological polar surface area (TPSA) is 13.0 Å². The summed E-state index contributed by atoms with van der Waals surface area (Å²) in [5, 5.41) is 0. The molecule has 0 amide bonds. The minimum atomic E-state index is 0.791. The largest absolute Gasteiger partial charge is 0.309 e. The quantitative estimate of drug-likeness (QED) is 0.764.